The molecule has 15 heavy (non-hydrogen) atoms. The molecule has 0 aliphatic rings. The number of amides is 1. The molecule has 0 unspecified atom stereocenters. The second-order valence-electron chi connectivity index (χ2n) is 4.14. The monoisotopic (exact) mass is 215 g/mol. The first kappa shape index (κ1) is 14.4. The van der Waals surface area contributed by atoms with Crippen LogP contribution in [0.4, 0.5) is 0 Å². The molecule has 0 bridgehead atoms. The van der Waals surface area contributed by atoms with Gasteiger partial charge in [-0.25, -0.2) is 5.06 Å². The Kier molecular flexibility index (Phi) is 9.59. The van der Waals surface area contributed by atoms with Crippen molar-refractivity contribution in [2.75, 3.05) is 7.05 Å². The van der Waals surface area contributed by atoms with E-state index in [9.17, 15) is 4.79 Å². The van der Waals surface area contributed by atoms with E-state index in [-0.39, 0.29) is 5.91 Å². The highest BCUT2D eigenvalue weighted by atomic mass is 16.5. The van der Waals surface area contributed by atoms with Crippen molar-refractivity contribution in [2.24, 2.45) is 0 Å². The SMILES string of the molecule is CCCCCCCCCCC(=O)N(C)O. The van der Waals surface area contributed by atoms with Crippen molar-refractivity contribution in [3.05, 3.63) is 0 Å². The quantitative estimate of drug-likeness (QED) is 0.364. The third kappa shape index (κ3) is 9.73. The van der Waals surface area contributed by atoms with Gasteiger partial charge in [-0.3, -0.25) is 10.0 Å². The first-order chi connectivity index (χ1) is 7.18. The Labute approximate surface area is 93.4 Å². The highest BCUT2D eigenvalue weighted by Gasteiger charge is 2.03. The topological polar surface area (TPSA) is 40.5 Å². The molecular formula is C12H25NO2. The number of carbonyl (C=O) groups is 1. The molecule has 0 aromatic heterocycles. The van der Waals surface area contributed by atoms with Crippen molar-refractivity contribution < 1.29 is 10.0 Å². The van der Waals surface area contributed by atoms with Crippen LogP contribution in [0.5, 0.6) is 0 Å². The molecule has 3 nitrogen and oxygen atoms in total. The standard InChI is InChI=1S/C12H25NO2/c1-3-4-5-6-7-8-9-10-11-12(14)13(2)15/h15H,3-11H2,1-2H3. The van der Waals surface area contributed by atoms with Crippen LogP contribution in [0.1, 0.15) is 64.7 Å². The summed E-state index contributed by atoms with van der Waals surface area (Å²) in [5, 5.41) is 9.49. The number of nitrogens with zero attached hydrogens (tertiary/aromatic N) is 1. The van der Waals surface area contributed by atoms with Gasteiger partial charge in [0.1, 0.15) is 0 Å². The van der Waals surface area contributed by atoms with Gasteiger partial charge in [-0.15, -0.1) is 0 Å². The second kappa shape index (κ2) is 9.97. The Morgan fingerprint density at radius 1 is 1.00 bits per heavy atom. The molecule has 0 heterocycles. The summed E-state index contributed by atoms with van der Waals surface area (Å²) < 4.78 is 0. The normalized spacial score (nSPS) is 10.3. The van der Waals surface area contributed by atoms with Crippen LogP contribution in [0.3, 0.4) is 0 Å². The summed E-state index contributed by atoms with van der Waals surface area (Å²) in [5.74, 6) is -0.180. The molecule has 0 fully saturated rings. The van der Waals surface area contributed by atoms with Crippen molar-refractivity contribution >= 4 is 5.91 Å². The first-order valence-corrected chi connectivity index (χ1v) is 6.14. The Hall–Kier alpha value is -0.570. The van der Waals surface area contributed by atoms with E-state index in [4.69, 9.17) is 5.21 Å². The molecule has 3 heteroatoms. The first-order valence-electron chi connectivity index (χ1n) is 6.14. The van der Waals surface area contributed by atoms with Gasteiger partial charge < -0.3 is 0 Å². The van der Waals surface area contributed by atoms with Gasteiger partial charge in [-0.05, 0) is 6.42 Å². The van der Waals surface area contributed by atoms with Gasteiger partial charge in [0.15, 0.2) is 0 Å². The van der Waals surface area contributed by atoms with E-state index in [0.717, 1.165) is 12.8 Å². The van der Waals surface area contributed by atoms with E-state index in [1.54, 1.807) is 0 Å². The van der Waals surface area contributed by atoms with Crippen LogP contribution in [0.25, 0.3) is 0 Å². The van der Waals surface area contributed by atoms with Crippen LogP contribution in [0.15, 0.2) is 0 Å². The lowest BCUT2D eigenvalue weighted by Crippen LogP contribution is -2.21. The minimum absolute atomic E-state index is 0.180. The van der Waals surface area contributed by atoms with Crippen LogP contribution >= 0.6 is 0 Å². The zero-order chi connectivity index (χ0) is 11.5. The van der Waals surface area contributed by atoms with Crippen LogP contribution in [-0.4, -0.2) is 23.2 Å². The molecule has 0 aromatic rings. The van der Waals surface area contributed by atoms with Crippen molar-refractivity contribution in [1.82, 2.24) is 5.06 Å². The van der Waals surface area contributed by atoms with Crippen molar-refractivity contribution in [1.29, 1.82) is 0 Å². The van der Waals surface area contributed by atoms with E-state index >= 15 is 0 Å². The summed E-state index contributed by atoms with van der Waals surface area (Å²) in [6.07, 6.45) is 10.3. The maximum Gasteiger partial charge on any atom is 0.245 e. The Morgan fingerprint density at radius 3 is 1.93 bits per heavy atom. The number of hydrogen-bond donors (Lipinski definition) is 1. The summed E-state index contributed by atoms with van der Waals surface area (Å²) in [6, 6.07) is 0. The maximum absolute atomic E-state index is 11.0. The number of hydroxylamine groups is 2. The Balaban J connectivity index is 3.08. The van der Waals surface area contributed by atoms with Gasteiger partial charge >= 0.3 is 0 Å². The van der Waals surface area contributed by atoms with Gasteiger partial charge in [0, 0.05) is 13.5 Å². The van der Waals surface area contributed by atoms with E-state index in [0.29, 0.717) is 11.5 Å². The van der Waals surface area contributed by atoms with Gasteiger partial charge in [0.25, 0.3) is 0 Å². The number of rotatable bonds is 9. The molecule has 0 aliphatic carbocycles. The molecule has 90 valence electrons. The zero-order valence-electron chi connectivity index (χ0n) is 10.2. The highest BCUT2D eigenvalue weighted by molar-refractivity contribution is 5.74. The summed E-state index contributed by atoms with van der Waals surface area (Å²) >= 11 is 0. The Bertz CT molecular complexity index is 158. The highest BCUT2D eigenvalue weighted by Crippen LogP contribution is 2.09. The van der Waals surface area contributed by atoms with Crippen LogP contribution in [0, 0.1) is 0 Å². The minimum Gasteiger partial charge on any atom is -0.286 e. The van der Waals surface area contributed by atoms with E-state index in [2.05, 4.69) is 6.92 Å². The van der Waals surface area contributed by atoms with Crippen molar-refractivity contribution in [2.45, 2.75) is 64.7 Å². The van der Waals surface area contributed by atoms with Crippen molar-refractivity contribution in [3.8, 4) is 0 Å². The Morgan fingerprint density at radius 2 is 1.47 bits per heavy atom. The molecular weight excluding hydrogens is 190 g/mol. The molecule has 0 saturated carbocycles. The molecule has 0 saturated heterocycles. The summed E-state index contributed by atoms with van der Waals surface area (Å²) in [7, 11) is 1.38. The molecule has 0 aromatic carbocycles. The fourth-order valence-corrected chi connectivity index (χ4v) is 1.57. The predicted octanol–water partition coefficient (Wildman–Crippen LogP) is 3.36. The molecule has 0 spiro atoms. The lowest BCUT2D eigenvalue weighted by Gasteiger charge is -2.07. The number of carbonyl (C=O) groups excluding carboxylic acids is 1. The molecule has 0 atom stereocenters. The van der Waals surface area contributed by atoms with E-state index < -0.39 is 0 Å². The van der Waals surface area contributed by atoms with Gasteiger partial charge in [-0.1, -0.05) is 51.9 Å². The maximum atomic E-state index is 11.0. The fraction of sp³-hybridized carbons (Fsp3) is 0.917. The number of unbranched alkanes of at least 4 members (excludes halogenated alkanes) is 7. The lowest BCUT2D eigenvalue weighted by atomic mass is 10.1. The van der Waals surface area contributed by atoms with Gasteiger partial charge in [0.2, 0.25) is 5.91 Å². The molecule has 1 N–H and O–H groups in total. The summed E-state index contributed by atoms with van der Waals surface area (Å²) in [6.45, 7) is 2.22. The molecule has 1 amide bonds. The van der Waals surface area contributed by atoms with E-state index in [1.165, 1.54) is 45.6 Å². The molecule has 0 radical (unpaired) electrons. The third-order valence-corrected chi connectivity index (χ3v) is 2.61. The zero-order valence-corrected chi connectivity index (χ0v) is 10.2. The van der Waals surface area contributed by atoms with Crippen LogP contribution in [-0.2, 0) is 4.79 Å². The van der Waals surface area contributed by atoms with Crippen molar-refractivity contribution in [3.63, 3.8) is 0 Å². The average molecular weight is 215 g/mol. The van der Waals surface area contributed by atoms with Gasteiger partial charge in [-0.2, -0.15) is 0 Å². The van der Waals surface area contributed by atoms with Crippen LogP contribution < -0.4 is 0 Å². The smallest absolute Gasteiger partial charge is 0.245 e. The lowest BCUT2D eigenvalue weighted by molar-refractivity contribution is -0.159. The second-order valence-corrected chi connectivity index (χ2v) is 4.14. The van der Waals surface area contributed by atoms with Gasteiger partial charge in [0.05, 0.1) is 0 Å². The fourth-order valence-electron chi connectivity index (χ4n) is 1.57. The van der Waals surface area contributed by atoms with E-state index in [1.807, 2.05) is 0 Å². The number of hydrogen-bond acceptors (Lipinski definition) is 2. The molecule has 0 aliphatic heterocycles. The summed E-state index contributed by atoms with van der Waals surface area (Å²) in [4.78, 5) is 11.0. The minimum atomic E-state index is -0.180. The summed E-state index contributed by atoms with van der Waals surface area (Å²) in [5.41, 5.74) is 0. The van der Waals surface area contributed by atoms with Crippen LogP contribution in [0.2, 0.25) is 0 Å². The third-order valence-electron chi connectivity index (χ3n) is 2.61. The predicted molar refractivity (Wildman–Crippen MR) is 61.8 cm³/mol. The molecule has 0 rings (SSSR count). The average Bonchev–Trinajstić information content (AvgIpc) is 2.21. The largest absolute Gasteiger partial charge is 0.286 e.